The quantitative estimate of drug-likeness (QED) is 0.149. The summed E-state index contributed by atoms with van der Waals surface area (Å²) >= 11 is 6.57. The normalized spacial score (nSPS) is 13.6. The second kappa shape index (κ2) is 21.0. The van der Waals surface area contributed by atoms with Gasteiger partial charge in [-0.3, -0.25) is 0 Å². The summed E-state index contributed by atoms with van der Waals surface area (Å²) in [5, 5.41) is 4.87. The maximum Gasteiger partial charge on any atom is 0.495 e. The summed E-state index contributed by atoms with van der Waals surface area (Å²) in [6.45, 7) is 8.35. The Morgan fingerprint density at radius 1 is 0.311 bits per heavy atom. The Morgan fingerprint density at radius 3 is 1.09 bits per heavy atom. The first-order valence-electron chi connectivity index (χ1n) is 24.5. The number of halogens is 1. The van der Waals surface area contributed by atoms with Gasteiger partial charge in [0.1, 0.15) is 22.3 Å². The van der Waals surface area contributed by atoms with Crippen molar-refractivity contribution in [3.05, 3.63) is 236 Å². The molecule has 0 bridgehead atoms. The predicted octanol–water partition coefficient (Wildman–Crippen LogP) is 18.1. The van der Waals surface area contributed by atoms with E-state index in [0.29, 0.717) is 5.02 Å². The molecule has 13 rings (SSSR count). The number of benzene rings is 10. The Balaban J connectivity index is 0.000000169. The summed E-state index contributed by atoms with van der Waals surface area (Å²) in [5.41, 5.74) is 17.6. The average Bonchev–Trinajstić information content (AvgIpc) is 4.08. The van der Waals surface area contributed by atoms with Gasteiger partial charge in [-0.05, 0) is 142 Å². The van der Waals surface area contributed by atoms with Crippen molar-refractivity contribution >= 4 is 68.1 Å². The number of fused-ring (bicyclic) bond motifs is 6. The standard InChI is InChI=1S/C36H31BO3.C30H19ClO.2W/c1-35(2)36(3,4)40-37(39-35)30-16-10-18-32-34(30)33-29(15-9-17-31(33)38-32)28-14-8-13-27(23-28)26-21-19-25(20-22-26)24-11-6-5-7-12-24;31-26-12-6-14-28-30(26)29-25(11-5-13-27(29)32-28)24-10-4-9-23(19-24)22-17-15-21(16-18-22)20-7-2-1-3-8-20;;/h5-23H,1-4H3;1-19H;;. The summed E-state index contributed by atoms with van der Waals surface area (Å²) in [6.07, 6.45) is 0. The summed E-state index contributed by atoms with van der Waals surface area (Å²) in [7, 11) is -0.475. The molecule has 1 aliphatic heterocycles. The largest absolute Gasteiger partial charge is 0.495 e. The zero-order valence-electron chi connectivity index (χ0n) is 41.3. The van der Waals surface area contributed by atoms with Crippen LogP contribution in [0.1, 0.15) is 27.7 Å². The summed E-state index contributed by atoms with van der Waals surface area (Å²) in [4.78, 5) is 0. The van der Waals surface area contributed by atoms with Gasteiger partial charge in [0.25, 0.3) is 0 Å². The van der Waals surface area contributed by atoms with E-state index in [1.807, 2.05) is 60.7 Å². The second-order valence-corrected chi connectivity index (χ2v) is 19.9. The Bertz CT molecular complexity index is 3930. The van der Waals surface area contributed by atoms with Crippen molar-refractivity contribution in [2.45, 2.75) is 38.9 Å². The second-order valence-electron chi connectivity index (χ2n) is 19.5. The molecule has 0 N–H and O–H groups in total. The Labute approximate surface area is 466 Å². The molecule has 3 heterocycles. The van der Waals surface area contributed by atoms with E-state index in [4.69, 9.17) is 29.7 Å². The van der Waals surface area contributed by atoms with Crippen molar-refractivity contribution in [1.82, 2.24) is 0 Å². The van der Waals surface area contributed by atoms with E-state index < -0.39 is 18.3 Å². The molecule has 4 nitrogen and oxygen atoms in total. The van der Waals surface area contributed by atoms with Crippen LogP contribution in [0.4, 0.5) is 0 Å². The monoisotopic (exact) mass is 1320 g/mol. The molecule has 1 fully saturated rings. The van der Waals surface area contributed by atoms with Gasteiger partial charge in [0.05, 0.1) is 16.2 Å². The van der Waals surface area contributed by atoms with Gasteiger partial charge in [-0.15, -0.1) is 0 Å². The van der Waals surface area contributed by atoms with Gasteiger partial charge in [0.15, 0.2) is 0 Å². The third-order valence-corrected chi connectivity index (χ3v) is 14.8. The van der Waals surface area contributed by atoms with Crippen LogP contribution in [-0.2, 0) is 51.4 Å². The van der Waals surface area contributed by atoms with E-state index in [0.717, 1.165) is 71.6 Å². The van der Waals surface area contributed by atoms with Crippen LogP contribution in [0.3, 0.4) is 0 Å². The van der Waals surface area contributed by atoms with Crippen LogP contribution in [-0.4, -0.2) is 18.3 Å². The zero-order valence-corrected chi connectivity index (χ0v) is 48.0. The molecule has 0 unspecified atom stereocenters. The molecule has 2 aromatic heterocycles. The molecule has 0 amide bonds. The fraction of sp³-hybridized carbons (Fsp3) is 0.0909. The van der Waals surface area contributed by atoms with E-state index in [1.165, 1.54) is 44.5 Å². The van der Waals surface area contributed by atoms with Gasteiger partial charge in [-0.1, -0.05) is 200 Å². The van der Waals surface area contributed by atoms with E-state index in [9.17, 15) is 0 Å². The van der Waals surface area contributed by atoms with Crippen molar-refractivity contribution in [3.8, 4) is 66.8 Å². The molecule has 0 atom stereocenters. The number of hydrogen-bond acceptors (Lipinski definition) is 4. The fourth-order valence-corrected chi connectivity index (χ4v) is 10.3. The van der Waals surface area contributed by atoms with E-state index in [1.54, 1.807) is 0 Å². The molecule has 0 radical (unpaired) electrons. The molecular weight excluding hydrogens is 1270 g/mol. The molecule has 360 valence electrons. The van der Waals surface area contributed by atoms with Crippen LogP contribution in [0.5, 0.6) is 0 Å². The maximum atomic E-state index is 6.57. The Kier molecular flexibility index (Phi) is 14.5. The molecule has 12 aromatic rings. The molecule has 1 saturated heterocycles. The minimum atomic E-state index is -0.475. The van der Waals surface area contributed by atoms with E-state index >= 15 is 0 Å². The topological polar surface area (TPSA) is 44.7 Å². The van der Waals surface area contributed by atoms with Crippen LogP contribution in [0.25, 0.3) is 111 Å². The minimum Gasteiger partial charge on any atom is -0.456 e. The third-order valence-electron chi connectivity index (χ3n) is 14.5. The Morgan fingerprint density at radius 2 is 0.635 bits per heavy atom. The summed E-state index contributed by atoms with van der Waals surface area (Å²) < 4.78 is 25.4. The molecule has 1 aliphatic rings. The molecule has 10 aromatic carbocycles. The molecule has 0 spiro atoms. The van der Waals surface area contributed by atoms with Crippen LogP contribution < -0.4 is 5.46 Å². The van der Waals surface area contributed by atoms with Gasteiger partial charge in [0.2, 0.25) is 0 Å². The molecule has 0 saturated carbocycles. The summed E-state index contributed by atoms with van der Waals surface area (Å²) in [6, 6.07) is 80.3. The first kappa shape index (κ1) is 51.0. The van der Waals surface area contributed by atoms with Gasteiger partial charge < -0.3 is 18.1 Å². The van der Waals surface area contributed by atoms with Crippen molar-refractivity contribution in [3.63, 3.8) is 0 Å². The maximum absolute atomic E-state index is 6.57. The first-order valence-corrected chi connectivity index (χ1v) is 24.9. The van der Waals surface area contributed by atoms with Crippen LogP contribution >= 0.6 is 11.6 Å². The van der Waals surface area contributed by atoms with Gasteiger partial charge >= 0.3 is 7.12 Å². The van der Waals surface area contributed by atoms with Crippen molar-refractivity contribution in [1.29, 1.82) is 0 Å². The van der Waals surface area contributed by atoms with Crippen LogP contribution in [0, 0.1) is 0 Å². The molecule has 8 heteroatoms. The van der Waals surface area contributed by atoms with Gasteiger partial charge in [-0.25, -0.2) is 0 Å². The smallest absolute Gasteiger partial charge is 0.456 e. The summed E-state index contributed by atoms with van der Waals surface area (Å²) in [5.74, 6) is 0. The van der Waals surface area contributed by atoms with E-state index in [-0.39, 0.29) is 42.1 Å². The number of rotatable bonds is 7. The Hall–Kier alpha value is -6.55. The predicted molar refractivity (Wildman–Crippen MR) is 301 cm³/mol. The van der Waals surface area contributed by atoms with Crippen LogP contribution in [0.2, 0.25) is 5.02 Å². The van der Waals surface area contributed by atoms with Crippen LogP contribution in [0.15, 0.2) is 239 Å². The van der Waals surface area contributed by atoms with Crippen molar-refractivity contribution < 1.29 is 60.3 Å². The van der Waals surface area contributed by atoms with Crippen molar-refractivity contribution in [2.24, 2.45) is 0 Å². The number of hydrogen-bond donors (Lipinski definition) is 0. The van der Waals surface area contributed by atoms with E-state index in [2.05, 4.69) is 198 Å². The zero-order chi connectivity index (χ0) is 49.0. The average molecular weight is 1320 g/mol. The fourth-order valence-electron chi connectivity index (χ4n) is 10.1. The molecule has 74 heavy (non-hydrogen) atoms. The first-order chi connectivity index (χ1) is 35.1. The van der Waals surface area contributed by atoms with Gasteiger partial charge in [0, 0.05) is 63.7 Å². The van der Waals surface area contributed by atoms with Gasteiger partial charge in [-0.2, -0.15) is 0 Å². The number of furan rings is 2. The minimum absolute atomic E-state index is 0. The van der Waals surface area contributed by atoms with Crippen molar-refractivity contribution in [2.75, 3.05) is 0 Å². The SMILES string of the molecule is CC1(C)OB(c2cccc3oc4cccc(-c5cccc(-c6ccc(-c7ccccc7)cc6)c5)c4c23)OC1(C)C.Clc1cccc2oc3cccc(-c4cccc(-c5ccc(-c6ccccc6)cc5)c4)c3c12.[W].[W]. The molecule has 0 aliphatic carbocycles. The third kappa shape index (κ3) is 9.58. The molecular formula is C66H50BClO4W2.